The van der Waals surface area contributed by atoms with E-state index in [0.717, 1.165) is 56.6 Å². The zero-order chi connectivity index (χ0) is 24.3. The van der Waals surface area contributed by atoms with Crippen LogP contribution in [0, 0.1) is 0 Å². The summed E-state index contributed by atoms with van der Waals surface area (Å²) in [4.78, 5) is 13.3. The number of rotatable bonds is 6. The van der Waals surface area contributed by atoms with Gasteiger partial charge in [-0.1, -0.05) is 84.9 Å². The Balaban J connectivity index is 1.39. The molecule has 0 amide bonds. The van der Waals surface area contributed by atoms with Crippen LogP contribution in [-0.4, -0.2) is 15.0 Å². The van der Waals surface area contributed by atoms with E-state index in [1.54, 1.807) is 0 Å². The molecule has 0 bridgehead atoms. The van der Waals surface area contributed by atoms with Crippen molar-refractivity contribution < 1.29 is 4.79 Å². The number of para-hydroxylation sites is 2. The van der Waals surface area contributed by atoms with Crippen LogP contribution in [0.15, 0.2) is 121 Å². The molecule has 0 spiro atoms. The first-order valence-corrected chi connectivity index (χ1v) is 12.4. The predicted octanol–water partition coefficient (Wildman–Crippen LogP) is 8.31. The molecule has 36 heavy (non-hydrogen) atoms. The van der Waals surface area contributed by atoms with Gasteiger partial charge in [0.1, 0.15) is 17.3 Å². The van der Waals surface area contributed by atoms with Crippen molar-refractivity contribution in [3.8, 4) is 22.3 Å². The van der Waals surface area contributed by atoms with Gasteiger partial charge in [0.15, 0.2) is 0 Å². The third-order valence-electron chi connectivity index (χ3n) is 6.24. The summed E-state index contributed by atoms with van der Waals surface area (Å²) < 4.78 is 9.23. The van der Waals surface area contributed by atoms with Crippen molar-refractivity contribution in [1.82, 2.24) is 8.75 Å². The molecule has 0 fully saturated rings. The quantitative estimate of drug-likeness (QED) is 0.224. The summed E-state index contributed by atoms with van der Waals surface area (Å²) in [6.07, 6.45) is 0.854. The molecule has 1 heterocycles. The summed E-state index contributed by atoms with van der Waals surface area (Å²) in [5.41, 5.74) is 9.85. The predicted molar refractivity (Wildman–Crippen MR) is 148 cm³/mol. The van der Waals surface area contributed by atoms with E-state index in [2.05, 4.69) is 98.6 Å². The van der Waals surface area contributed by atoms with E-state index >= 15 is 0 Å². The molecule has 0 N–H and O–H groups in total. The monoisotopic (exact) mass is 483 g/mol. The molecule has 0 saturated carbocycles. The number of aromatic nitrogens is 2. The number of hydrogen-bond acceptors (Lipinski definition) is 5. The molecule has 6 rings (SSSR count). The van der Waals surface area contributed by atoms with Gasteiger partial charge >= 0.3 is 0 Å². The van der Waals surface area contributed by atoms with Crippen LogP contribution in [0.5, 0.6) is 0 Å². The number of fused-ring (bicyclic) bond motifs is 1. The average Bonchev–Trinajstić information content (AvgIpc) is 3.45. The maximum absolute atomic E-state index is 11.0. The first kappa shape index (κ1) is 21.9. The van der Waals surface area contributed by atoms with Gasteiger partial charge in [-0.15, -0.1) is 0 Å². The smallest absolute Gasteiger partial charge is 0.150 e. The van der Waals surface area contributed by atoms with Crippen molar-refractivity contribution in [2.45, 2.75) is 0 Å². The van der Waals surface area contributed by atoms with Crippen molar-refractivity contribution in [3.05, 3.63) is 127 Å². The van der Waals surface area contributed by atoms with Gasteiger partial charge < -0.3 is 4.90 Å². The molecule has 5 aromatic carbocycles. The molecule has 6 aromatic rings. The summed E-state index contributed by atoms with van der Waals surface area (Å²) in [7, 11) is 0. The van der Waals surface area contributed by atoms with E-state index in [-0.39, 0.29) is 0 Å². The fourth-order valence-corrected chi connectivity index (χ4v) is 5.04. The number of benzene rings is 5. The van der Waals surface area contributed by atoms with Gasteiger partial charge in [0.25, 0.3) is 0 Å². The largest absolute Gasteiger partial charge is 0.311 e. The van der Waals surface area contributed by atoms with Gasteiger partial charge in [-0.05, 0) is 47.5 Å². The van der Waals surface area contributed by atoms with E-state index in [9.17, 15) is 4.79 Å². The summed E-state index contributed by atoms with van der Waals surface area (Å²) >= 11 is 1.22. The molecule has 0 aliphatic rings. The number of nitrogens with zero attached hydrogens (tertiary/aromatic N) is 3. The molecule has 0 atom stereocenters. The number of carbonyl (C=O) groups is 1. The van der Waals surface area contributed by atoms with Crippen LogP contribution >= 0.6 is 11.7 Å². The lowest BCUT2D eigenvalue weighted by Crippen LogP contribution is -2.09. The van der Waals surface area contributed by atoms with Crippen LogP contribution in [0.3, 0.4) is 0 Å². The van der Waals surface area contributed by atoms with Crippen LogP contribution in [0.1, 0.15) is 10.4 Å². The fourth-order valence-electron chi connectivity index (χ4n) is 4.47. The van der Waals surface area contributed by atoms with Crippen LogP contribution in [0.25, 0.3) is 33.3 Å². The Morgan fingerprint density at radius 3 is 1.44 bits per heavy atom. The van der Waals surface area contributed by atoms with E-state index in [1.807, 2.05) is 36.4 Å². The molecule has 5 heteroatoms. The Kier molecular flexibility index (Phi) is 5.82. The lowest BCUT2D eigenvalue weighted by molar-refractivity contribution is 0.112. The Hall–Kier alpha value is -4.61. The first-order chi connectivity index (χ1) is 17.8. The Bertz CT molecular complexity index is 1590. The lowest BCUT2D eigenvalue weighted by atomic mass is 9.97. The normalized spacial score (nSPS) is 10.9. The molecule has 0 radical (unpaired) electrons. The number of carbonyl (C=O) groups excluding carboxylic acids is 1. The van der Waals surface area contributed by atoms with Gasteiger partial charge in [0.05, 0.1) is 11.7 Å². The molecular formula is C31H21N3OS. The Labute approximate surface area is 213 Å². The Morgan fingerprint density at radius 1 is 0.528 bits per heavy atom. The van der Waals surface area contributed by atoms with Crippen molar-refractivity contribution >= 4 is 46.1 Å². The molecule has 4 nitrogen and oxygen atoms in total. The maximum Gasteiger partial charge on any atom is 0.150 e. The van der Waals surface area contributed by atoms with Crippen molar-refractivity contribution in [2.75, 3.05) is 4.90 Å². The van der Waals surface area contributed by atoms with Crippen molar-refractivity contribution in [1.29, 1.82) is 0 Å². The van der Waals surface area contributed by atoms with Crippen molar-refractivity contribution in [2.24, 2.45) is 0 Å². The zero-order valence-electron chi connectivity index (χ0n) is 19.3. The first-order valence-electron chi connectivity index (χ1n) is 11.6. The third-order valence-corrected chi connectivity index (χ3v) is 6.77. The van der Waals surface area contributed by atoms with Gasteiger partial charge in [-0.2, -0.15) is 8.75 Å². The van der Waals surface area contributed by atoms with Crippen LogP contribution in [-0.2, 0) is 0 Å². The highest BCUT2D eigenvalue weighted by atomic mass is 32.1. The van der Waals surface area contributed by atoms with E-state index in [4.69, 9.17) is 0 Å². The SMILES string of the molecule is O=Cc1ccc(-c2ccc(-c3ccc(N(c4ccccc4)c4ccccc4)cc3)c3nsnc23)cc1. The second kappa shape index (κ2) is 9.56. The summed E-state index contributed by atoms with van der Waals surface area (Å²) in [6, 6.07) is 41.1. The standard InChI is InChI=1S/C31H21N3OS/c35-21-22-11-13-23(14-12-22)28-19-20-29(31-30(28)32-36-33-31)24-15-17-27(18-16-24)34(25-7-3-1-4-8-25)26-9-5-2-6-10-26/h1-21H. The van der Waals surface area contributed by atoms with Crippen LogP contribution < -0.4 is 4.90 Å². The molecule has 1 aromatic heterocycles. The highest BCUT2D eigenvalue weighted by molar-refractivity contribution is 7.00. The topological polar surface area (TPSA) is 46.1 Å². The molecule has 0 unspecified atom stereocenters. The van der Waals surface area contributed by atoms with E-state index < -0.39 is 0 Å². The second-order valence-corrected chi connectivity index (χ2v) is 8.94. The van der Waals surface area contributed by atoms with Gasteiger partial charge in [-0.25, -0.2) is 0 Å². The second-order valence-electron chi connectivity index (χ2n) is 8.42. The van der Waals surface area contributed by atoms with Crippen LogP contribution in [0.2, 0.25) is 0 Å². The molecular weight excluding hydrogens is 462 g/mol. The Morgan fingerprint density at radius 2 is 0.972 bits per heavy atom. The van der Waals surface area contributed by atoms with Gasteiger partial charge in [0.2, 0.25) is 0 Å². The number of hydrogen-bond donors (Lipinski definition) is 0. The average molecular weight is 484 g/mol. The maximum atomic E-state index is 11.0. The number of anilines is 3. The van der Waals surface area contributed by atoms with Gasteiger partial charge in [0, 0.05) is 33.8 Å². The number of aldehydes is 1. The summed E-state index contributed by atoms with van der Waals surface area (Å²) in [5, 5.41) is 0. The molecule has 0 aliphatic heterocycles. The zero-order valence-corrected chi connectivity index (χ0v) is 20.1. The summed E-state index contributed by atoms with van der Waals surface area (Å²) in [5.74, 6) is 0. The minimum atomic E-state index is 0.656. The molecule has 0 aliphatic carbocycles. The fraction of sp³-hybridized carbons (Fsp3) is 0. The highest BCUT2D eigenvalue weighted by Gasteiger charge is 2.15. The minimum Gasteiger partial charge on any atom is -0.311 e. The van der Waals surface area contributed by atoms with E-state index in [1.165, 1.54) is 11.7 Å². The molecule has 0 saturated heterocycles. The summed E-state index contributed by atoms with van der Waals surface area (Å²) in [6.45, 7) is 0. The minimum absolute atomic E-state index is 0.656. The van der Waals surface area contributed by atoms with Crippen LogP contribution in [0.4, 0.5) is 17.1 Å². The highest BCUT2D eigenvalue weighted by Crippen LogP contribution is 2.38. The van der Waals surface area contributed by atoms with Gasteiger partial charge in [-0.3, -0.25) is 4.79 Å². The lowest BCUT2D eigenvalue weighted by Gasteiger charge is -2.25. The van der Waals surface area contributed by atoms with Crippen molar-refractivity contribution in [3.63, 3.8) is 0 Å². The van der Waals surface area contributed by atoms with E-state index in [0.29, 0.717) is 5.56 Å². The molecule has 172 valence electrons. The third kappa shape index (κ3) is 4.06.